The Labute approximate surface area is 111 Å². The van der Waals surface area contributed by atoms with Crippen molar-refractivity contribution >= 4 is 17.3 Å². The largest absolute Gasteiger partial charge is 0.479 e. The van der Waals surface area contributed by atoms with Crippen LogP contribution in [0.4, 0.5) is 11.4 Å². The lowest BCUT2D eigenvalue weighted by atomic mass is 10.0. The van der Waals surface area contributed by atoms with E-state index in [-0.39, 0.29) is 12.5 Å². The molecule has 19 heavy (non-hydrogen) atoms. The summed E-state index contributed by atoms with van der Waals surface area (Å²) in [4.78, 5) is 13.3. The molecule has 0 fully saturated rings. The Kier molecular flexibility index (Phi) is 2.63. The molecule has 96 valence electrons. The van der Waals surface area contributed by atoms with E-state index in [4.69, 9.17) is 10.5 Å². The third kappa shape index (κ3) is 1.91. The molecule has 0 aromatic heterocycles. The molecule has 0 saturated carbocycles. The number of amides is 1. The normalized spacial score (nSPS) is 13.9. The zero-order valence-corrected chi connectivity index (χ0v) is 10.6. The van der Waals surface area contributed by atoms with E-state index in [1.807, 2.05) is 42.5 Å². The lowest BCUT2D eigenvalue weighted by Crippen LogP contribution is -2.35. The number of anilines is 2. The van der Waals surface area contributed by atoms with Crippen LogP contribution < -0.4 is 15.4 Å². The highest BCUT2D eigenvalue weighted by molar-refractivity contribution is 6.00. The molecule has 0 radical (unpaired) electrons. The fraction of sp³-hybridized carbons (Fsp3) is 0.133. The molecular weight excluding hydrogens is 240 g/mol. The quantitative estimate of drug-likeness (QED) is 0.794. The molecule has 2 aromatic rings. The van der Waals surface area contributed by atoms with Gasteiger partial charge in [0.05, 0.1) is 11.4 Å². The molecule has 1 aliphatic heterocycles. The minimum absolute atomic E-state index is 0.0401. The summed E-state index contributed by atoms with van der Waals surface area (Å²) >= 11 is 0. The number of rotatable bonds is 1. The summed E-state index contributed by atoms with van der Waals surface area (Å²) in [6, 6.07) is 13.7. The average Bonchev–Trinajstić information content (AvgIpc) is 2.44. The first-order valence-corrected chi connectivity index (χ1v) is 6.05. The van der Waals surface area contributed by atoms with Crippen molar-refractivity contribution in [1.82, 2.24) is 0 Å². The molecule has 1 amide bonds. The van der Waals surface area contributed by atoms with Crippen LogP contribution in [0.15, 0.2) is 42.5 Å². The second-order valence-corrected chi connectivity index (χ2v) is 4.52. The van der Waals surface area contributed by atoms with E-state index in [1.165, 1.54) is 0 Å². The van der Waals surface area contributed by atoms with Crippen LogP contribution in [0.1, 0.15) is 0 Å². The van der Waals surface area contributed by atoms with Crippen molar-refractivity contribution in [2.24, 2.45) is 0 Å². The van der Waals surface area contributed by atoms with Gasteiger partial charge in [-0.2, -0.15) is 0 Å². The monoisotopic (exact) mass is 254 g/mol. The fourth-order valence-electron chi connectivity index (χ4n) is 2.20. The first kappa shape index (κ1) is 11.6. The van der Waals surface area contributed by atoms with E-state index >= 15 is 0 Å². The number of benzene rings is 2. The smallest absolute Gasteiger partial charge is 0.264 e. The number of hydrogen-bond acceptors (Lipinski definition) is 3. The van der Waals surface area contributed by atoms with Crippen LogP contribution in [0.5, 0.6) is 5.75 Å². The molecule has 0 aliphatic carbocycles. The molecule has 0 spiro atoms. The fourth-order valence-corrected chi connectivity index (χ4v) is 2.20. The second kappa shape index (κ2) is 4.31. The van der Waals surface area contributed by atoms with Gasteiger partial charge in [-0.05, 0) is 23.3 Å². The van der Waals surface area contributed by atoms with Crippen molar-refractivity contribution in [3.63, 3.8) is 0 Å². The summed E-state index contributed by atoms with van der Waals surface area (Å²) in [7, 11) is 1.73. The van der Waals surface area contributed by atoms with Crippen molar-refractivity contribution in [2.45, 2.75) is 0 Å². The average molecular weight is 254 g/mol. The Morgan fingerprint density at radius 3 is 2.63 bits per heavy atom. The SMILES string of the molecule is CN1C(=O)COc2c(N)cc(-c3ccccc3)cc21. The van der Waals surface area contributed by atoms with Crippen LogP contribution >= 0.6 is 0 Å². The summed E-state index contributed by atoms with van der Waals surface area (Å²) in [6.07, 6.45) is 0. The van der Waals surface area contributed by atoms with Gasteiger partial charge in [-0.15, -0.1) is 0 Å². The number of nitrogens with zero attached hydrogens (tertiary/aromatic N) is 1. The highest BCUT2D eigenvalue weighted by atomic mass is 16.5. The zero-order valence-electron chi connectivity index (χ0n) is 10.6. The molecule has 0 bridgehead atoms. The number of likely N-dealkylation sites (N-methyl/N-ethyl adjacent to an activating group) is 1. The molecule has 2 N–H and O–H groups in total. The van der Waals surface area contributed by atoms with Gasteiger partial charge in [-0.1, -0.05) is 30.3 Å². The van der Waals surface area contributed by atoms with Crippen LogP contribution in [-0.4, -0.2) is 19.6 Å². The highest BCUT2D eigenvalue weighted by Gasteiger charge is 2.24. The summed E-state index contributed by atoms with van der Waals surface area (Å²) in [5.74, 6) is 0.513. The van der Waals surface area contributed by atoms with Gasteiger partial charge in [-0.25, -0.2) is 0 Å². The molecule has 0 atom stereocenters. The number of carbonyl (C=O) groups excluding carboxylic acids is 1. The summed E-state index contributed by atoms with van der Waals surface area (Å²) < 4.78 is 5.41. The molecule has 2 aromatic carbocycles. The minimum atomic E-state index is -0.0721. The van der Waals surface area contributed by atoms with Crippen molar-refractivity contribution < 1.29 is 9.53 Å². The summed E-state index contributed by atoms with van der Waals surface area (Å²) in [5.41, 5.74) is 9.33. The number of fused-ring (bicyclic) bond motifs is 1. The van der Waals surface area contributed by atoms with Crippen molar-refractivity contribution in [2.75, 3.05) is 24.3 Å². The Bertz CT molecular complexity index is 638. The van der Waals surface area contributed by atoms with Gasteiger partial charge in [0.2, 0.25) is 0 Å². The Hall–Kier alpha value is -2.49. The number of hydrogen-bond donors (Lipinski definition) is 1. The summed E-state index contributed by atoms with van der Waals surface area (Å²) in [6.45, 7) is 0.0401. The first-order chi connectivity index (χ1) is 9.16. The number of nitrogen functional groups attached to an aromatic ring is 1. The van der Waals surface area contributed by atoms with E-state index in [9.17, 15) is 4.79 Å². The molecule has 1 aliphatic rings. The molecular formula is C15H14N2O2. The predicted molar refractivity (Wildman–Crippen MR) is 75.2 cm³/mol. The lowest BCUT2D eigenvalue weighted by Gasteiger charge is -2.27. The first-order valence-electron chi connectivity index (χ1n) is 6.05. The van der Waals surface area contributed by atoms with Crippen LogP contribution in [-0.2, 0) is 4.79 Å². The van der Waals surface area contributed by atoms with Gasteiger partial charge in [-0.3, -0.25) is 4.79 Å². The Morgan fingerprint density at radius 1 is 1.16 bits per heavy atom. The van der Waals surface area contributed by atoms with Crippen molar-refractivity contribution in [1.29, 1.82) is 0 Å². The van der Waals surface area contributed by atoms with Gasteiger partial charge in [0.15, 0.2) is 12.4 Å². The van der Waals surface area contributed by atoms with Gasteiger partial charge >= 0.3 is 0 Å². The Morgan fingerprint density at radius 2 is 1.89 bits per heavy atom. The maximum atomic E-state index is 11.7. The number of carbonyl (C=O) groups is 1. The highest BCUT2D eigenvalue weighted by Crippen LogP contribution is 2.40. The number of nitrogens with two attached hydrogens (primary N) is 1. The maximum absolute atomic E-state index is 11.7. The summed E-state index contributed by atoms with van der Waals surface area (Å²) in [5, 5.41) is 0. The number of ether oxygens (including phenoxy) is 1. The maximum Gasteiger partial charge on any atom is 0.264 e. The van der Waals surface area contributed by atoms with Gasteiger partial charge in [0, 0.05) is 7.05 Å². The molecule has 3 rings (SSSR count). The van der Waals surface area contributed by atoms with Gasteiger partial charge < -0.3 is 15.4 Å². The molecule has 0 saturated heterocycles. The van der Waals surface area contributed by atoms with Crippen LogP contribution in [0.25, 0.3) is 11.1 Å². The second-order valence-electron chi connectivity index (χ2n) is 4.52. The zero-order chi connectivity index (χ0) is 13.4. The predicted octanol–water partition coefficient (Wildman–Crippen LogP) is 2.29. The van der Waals surface area contributed by atoms with E-state index < -0.39 is 0 Å². The van der Waals surface area contributed by atoms with E-state index in [2.05, 4.69) is 0 Å². The van der Waals surface area contributed by atoms with Crippen molar-refractivity contribution in [3.8, 4) is 16.9 Å². The van der Waals surface area contributed by atoms with Gasteiger partial charge in [0.1, 0.15) is 0 Å². The molecule has 1 heterocycles. The lowest BCUT2D eigenvalue weighted by molar-refractivity contribution is -0.120. The van der Waals surface area contributed by atoms with Crippen LogP contribution in [0.3, 0.4) is 0 Å². The molecule has 4 nitrogen and oxygen atoms in total. The standard InChI is InChI=1S/C15H14N2O2/c1-17-13-8-11(10-5-3-2-4-6-10)7-12(16)15(13)19-9-14(17)18/h2-8H,9,16H2,1H3. The Balaban J connectivity index is 2.16. The topological polar surface area (TPSA) is 55.6 Å². The van der Waals surface area contributed by atoms with Gasteiger partial charge in [0.25, 0.3) is 5.91 Å². The van der Waals surface area contributed by atoms with E-state index in [0.29, 0.717) is 11.4 Å². The third-order valence-corrected chi connectivity index (χ3v) is 3.28. The van der Waals surface area contributed by atoms with E-state index in [1.54, 1.807) is 11.9 Å². The van der Waals surface area contributed by atoms with Crippen LogP contribution in [0.2, 0.25) is 0 Å². The molecule has 0 unspecified atom stereocenters. The van der Waals surface area contributed by atoms with Crippen LogP contribution in [0, 0.1) is 0 Å². The van der Waals surface area contributed by atoms with Crippen molar-refractivity contribution in [3.05, 3.63) is 42.5 Å². The third-order valence-electron chi connectivity index (χ3n) is 3.28. The van der Waals surface area contributed by atoms with E-state index in [0.717, 1.165) is 16.8 Å². The molecule has 4 heteroatoms. The minimum Gasteiger partial charge on any atom is -0.479 e.